The number of furan rings is 1. The Balaban J connectivity index is 1.49. The van der Waals surface area contributed by atoms with E-state index in [0.29, 0.717) is 22.5 Å². The lowest BCUT2D eigenvalue weighted by Gasteiger charge is -2.13. The zero-order chi connectivity index (χ0) is 20.8. The highest BCUT2D eigenvalue weighted by Gasteiger charge is 2.14. The highest BCUT2D eigenvalue weighted by molar-refractivity contribution is 6.30. The van der Waals surface area contributed by atoms with Crippen molar-refractivity contribution in [2.45, 2.75) is 32.5 Å². The van der Waals surface area contributed by atoms with E-state index in [1.807, 2.05) is 24.3 Å². The summed E-state index contributed by atoms with van der Waals surface area (Å²) in [5.74, 6) is 1.39. The van der Waals surface area contributed by atoms with Gasteiger partial charge in [0, 0.05) is 11.6 Å². The van der Waals surface area contributed by atoms with Crippen LogP contribution in [-0.2, 0) is 6.61 Å². The minimum absolute atomic E-state index is 0.0944. The number of amides is 1. The number of rotatable bonds is 8. The molecular formula is C23H24ClNO4. The van der Waals surface area contributed by atoms with Gasteiger partial charge in [0.1, 0.15) is 18.1 Å². The quantitative estimate of drug-likeness (QED) is 0.539. The van der Waals surface area contributed by atoms with Gasteiger partial charge in [-0.3, -0.25) is 4.79 Å². The van der Waals surface area contributed by atoms with Crippen LogP contribution in [0, 0.1) is 0 Å². The molecule has 6 heteroatoms. The van der Waals surface area contributed by atoms with Crippen molar-refractivity contribution in [3.8, 4) is 5.75 Å². The predicted molar refractivity (Wildman–Crippen MR) is 112 cm³/mol. The summed E-state index contributed by atoms with van der Waals surface area (Å²) in [4.78, 5) is 12.3. The molecule has 1 atom stereocenters. The fourth-order valence-corrected chi connectivity index (χ4v) is 2.89. The van der Waals surface area contributed by atoms with Gasteiger partial charge >= 0.3 is 0 Å². The lowest BCUT2D eigenvalue weighted by molar-refractivity contribution is 0.0885. The topological polar surface area (TPSA) is 71.7 Å². The van der Waals surface area contributed by atoms with E-state index in [2.05, 4.69) is 19.2 Å². The van der Waals surface area contributed by atoms with Crippen molar-refractivity contribution < 1.29 is 19.1 Å². The summed E-state index contributed by atoms with van der Waals surface area (Å²) < 4.78 is 11.1. The lowest BCUT2D eigenvalue weighted by Crippen LogP contribution is -2.28. The fourth-order valence-electron chi connectivity index (χ4n) is 2.76. The Bertz CT molecular complexity index is 932. The van der Waals surface area contributed by atoms with Crippen LogP contribution in [0.5, 0.6) is 5.75 Å². The molecule has 0 aliphatic heterocycles. The molecule has 3 rings (SSSR count). The number of hydrogen-bond donors (Lipinski definition) is 2. The number of hydrogen-bond acceptors (Lipinski definition) is 4. The van der Waals surface area contributed by atoms with Crippen LogP contribution in [0.3, 0.4) is 0 Å². The minimum atomic E-state index is -0.789. The Labute approximate surface area is 175 Å². The highest BCUT2D eigenvalue weighted by atomic mass is 35.5. The summed E-state index contributed by atoms with van der Waals surface area (Å²) >= 11 is 5.84. The van der Waals surface area contributed by atoms with Crippen molar-refractivity contribution in [3.63, 3.8) is 0 Å². The SMILES string of the molecule is CC(C)c1ccc(C(O)CNC(=O)c2ccc(COc3ccc(Cl)cc3)o2)cc1. The van der Waals surface area contributed by atoms with Gasteiger partial charge in [0.2, 0.25) is 0 Å². The minimum Gasteiger partial charge on any atom is -0.486 e. The summed E-state index contributed by atoms with van der Waals surface area (Å²) in [6.07, 6.45) is -0.789. The van der Waals surface area contributed by atoms with Crippen molar-refractivity contribution in [1.29, 1.82) is 0 Å². The standard InChI is InChI=1S/C23H24ClNO4/c1-15(2)16-3-5-17(6-4-16)21(26)13-25-23(27)22-12-11-20(29-22)14-28-19-9-7-18(24)8-10-19/h3-12,15,21,26H,13-14H2,1-2H3,(H,25,27). The van der Waals surface area contributed by atoms with Gasteiger partial charge in [-0.1, -0.05) is 49.7 Å². The van der Waals surface area contributed by atoms with E-state index >= 15 is 0 Å². The number of carbonyl (C=O) groups excluding carboxylic acids is 1. The summed E-state index contributed by atoms with van der Waals surface area (Å²) in [6.45, 7) is 4.52. The van der Waals surface area contributed by atoms with Crippen LogP contribution in [0.2, 0.25) is 5.02 Å². The van der Waals surface area contributed by atoms with Gasteiger partial charge in [0.05, 0.1) is 6.10 Å². The average molecular weight is 414 g/mol. The number of nitrogens with one attached hydrogen (secondary N) is 1. The van der Waals surface area contributed by atoms with Crippen LogP contribution in [-0.4, -0.2) is 17.6 Å². The number of ether oxygens (including phenoxy) is 1. The van der Waals surface area contributed by atoms with Crippen LogP contribution >= 0.6 is 11.6 Å². The number of halogens is 1. The van der Waals surface area contributed by atoms with Gasteiger partial charge in [-0.2, -0.15) is 0 Å². The van der Waals surface area contributed by atoms with Crippen LogP contribution in [0.4, 0.5) is 0 Å². The van der Waals surface area contributed by atoms with Crippen molar-refractivity contribution in [1.82, 2.24) is 5.32 Å². The van der Waals surface area contributed by atoms with Gasteiger partial charge in [-0.05, 0) is 53.4 Å². The van der Waals surface area contributed by atoms with E-state index in [4.69, 9.17) is 20.8 Å². The molecule has 1 unspecified atom stereocenters. The third-order valence-corrected chi connectivity index (χ3v) is 4.78. The third kappa shape index (κ3) is 5.86. The largest absolute Gasteiger partial charge is 0.486 e. The first-order chi connectivity index (χ1) is 13.9. The molecule has 0 fully saturated rings. The van der Waals surface area contributed by atoms with Crippen molar-refractivity contribution in [2.24, 2.45) is 0 Å². The first-order valence-corrected chi connectivity index (χ1v) is 9.83. The van der Waals surface area contributed by atoms with Gasteiger partial charge < -0.3 is 19.6 Å². The normalized spacial score (nSPS) is 12.0. The van der Waals surface area contributed by atoms with Gasteiger partial charge in [0.25, 0.3) is 5.91 Å². The van der Waals surface area contributed by atoms with Crippen molar-refractivity contribution in [3.05, 3.63) is 88.3 Å². The fraction of sp³-hybridized carbons (Fsp3) is 0.261. The van der Waals surface area contributed by atoms with Crippen LogP contribution in [0.15, 0.2) is 65.1 Å². The summed E-state index contributed by atoms with van der Waals surface area (Å²) in [5.41, 5.74) is 1.96. The van der Waals surface area contributed by atoms with Gasteiger partial charge in [-0.25, -0.2) is 0 Å². The number of aliphatic hydroxyl groups excluding tert-OH is 1. The maximum atomic E-state index is 12.3. The molecule has 0 aliphatic rings. The van der Waals surface area contributed by atoms with Crippen LogP contribution < -0.4 is 10.1 Å². The van der Waals surface area contributed by atoms with E-state index in [-0.39, 0.29) is 24.8 Å². The molecule has 1 heterocycles. The second-order valence-electron chi connectivity index (χ2n) is 7.06. The molecule has 1 amide bonds. The maximum absolute atomic E-state index is 12.3. The Hall–Kier alpha value is -2.76. The van der Waals surface area contributed by atoms with E-state index in [9.17, 15) is 9.90 Å². The summed E-state index contributed by atoms with van der Waals surface area (Å²) in [6, 6.07) is 18.0. The Morgan fingerprint density at radius 1 is 1.03 bits per heavy atom. The van der Waals surface area contributed by atoms with E-state index in [1.165, 1.54) is 5.56 Å². The van der Waals surface area contributed by atoms with E-state index < -0.39 is 6.10 Å². The smallest absolute Gasteiger partial charge is 0.287 e. The molecule has 0 aliphatic carbocycles. The molecule has 1 aromatic heterocycles. The van der Waals surface area contributed by atoms with Crippen LogP contribution in [0.1, 0.15) is 53.3 Å². The molecule has 5 nitrogen and oxygen atoms in total. The molecular weight excluding hydrogens is 390 g/mol. The van der Waals surface area contributed by atoms with Gasteiger partial charge in [0.15, 0.2) is 5.76 Å². The molecule has 0 spiro atoms. The Kier molecular flexibility index (Phi) is 6.96. The van der Waals surface area contributed by atoms with Crippen molar-refractivity contribution >= 4 is 17.5 Å². The van der Waals surface area contributed by atoms with Crippen molar-refractivity contribution in [2.75, 3.05) is 6.54 Å². The first kappa shape index (κ1) is 21.0. The number of carbonyl (C=O) groups is 1. The summed E-state index contributed by atoms with van der Waals surface area (Å²) in [5, 5.41) is 13.6. The molecule has 3 aromatic rings. The molecule has 152 valence electrons. The molecule has 0 saturated carbocycles. The highest BCUT2D eigenvalue weighted by Crippen LogP contribution is 2.19. The Morgan fingerprint density at radius 2 is 1.69 bits per heavy atom. The Morgan fingerprint density at radius 3 is 2.34 bits per heavy atom. The zero-order valence-electron chi connectivity index (χ0n) is 16.4. The zero-order valence-corrected chi connectivity index (χ0v) is 17.1. The lowest BCUT2D eigenvalue weighted by atomic mass is 10.00. The molecule has 29 heavy (non-hydrogen) atoms. The molecule has 2 N–H and O–H groups in total. The molecule has 2 aromatic carbocycles. The monoisotopic (exact) mass is 413 g/mol. The first-order valence-electron chi connectivity index (χ1n) is 9.45. The predicted octanol–water partition coefficient (Wildman–Crippen LogP) is 5.10. The third-order valence-electron chi connectivity index (χ3n) is 4.52. The average Bonchev–Trinajstić information content (AvgIpc) is 3.20. The second kappa shape index (κ2) is 9.63. The maximum Gasteiger partial charge on any atom is 0.287 e. The molecule has 0 bridgehead atoms. The summed E-state index contributed by atoms with van der Waals surface area (Å²) in [7, 11) is 0. The second-order valence-corrected chi connectivity index (χ2v) is 7.49. The van der Waals surface area contributed by atoms with Gasteiger partial charge in [-0.15, -0.1) is 0 Å². The molecule has 0 radical (unpaired) electrons. The van der Waals surface area contributed by atoms with Crippen LogP contribution in [0.25, 0.3) is 0 Å². The number of aliphatic hydroxyl groups is 1. The number of benzene rings is 2. The van der Waals surface area contributed by atoms with E-state index in [1.54, 1.807) is 36.4 Å². The van der Waals surface area contributed by atoms with E-state index in [0.717, 1.165) is 5.56 Å². The molecule has 0 saturated heterocycles.